The van der Waals surface area contributed by atoms with Crippen molar-refractivity contribution in [2.75, 3.05) is 5.32 Å². The maximum Gasteiger partial charge on any atom is 0.263 e. The molecule has 3 rings (SSSR count). The molecule has 11 heteroatoms. The smallest absolute Gasteiger partial charge is 0.263 e. The third-order valence-electron chi connectivity index (χ3n) is 3.98. The van der Waals surface area contributed by atoms with Crippen LogP contribution >= 0.6 is 35.4 Å². The highest BCUT2D eigenvalue weighted by molar-refractivity contribution is 7.80. The number of hydrogen-bond donors (Lipinski definition) is 2. The van der Waals surface area contributed by atoms with Crippen LogP contribution in [0.1, 0.15) is 21.5 Å². The number of benzene rings is 2. The number of hydrogen-bond acceptors (Lipinski definition) is 5. The molecule has 2 N–H and O–H groups in total. The number of pyridine rings is 1. The Morgan fingerprint density at radius 1 is 1.19 bits per heavy atom. The summed E-state index contributed by atoms with van der Waals surface area (Å²) in [7, 11) is 0. The van der Waals surface area contributed by atoms with E-state index in [1.807, 2.05) is 6.07 Å². The van der Waals surface area contributed by atoms with Gasteiger partial charge in [0.2, 0.25) is 5.88 Å². The highest BCUT2D eigenvalue weighted by Gasteiger charge is 2.19. The molecule has 0 spiro atoms. The number of thiocarbonyl (C=S) groups is 1. The molecule has 0 atom stereocenters. The third kappa shape index (κ3) is 5.29. The largest absolute Gasteiger partial charge is 0.435 e. The Morgan fingerprint density at radius 3 is 2.41 bits per heavy atom. The van der Waals surface area contributed by atoms with E-state index in [1.165, 1.54) is 18.3 Å². The van der Waals surface area contributed by atoms with Gasteiger partial charge in [0.1, 0.15) is 28.8 Å². The van der Waals surface area contributed by atoms with E-state index < -0.39 is 23.1 Å². The van der Waals surface area contributed by atoms with Gasteiger partial charge in [-0.3, -0.25) is 10.1 Å². The number of nitrogens with one attached hydrogen (secondary N) is 2. The minimum atomic E-state index is -1.07. The van der Waals surface area contributed by atoms with Gasteiger partial charge in [-0.1, -0.05) is 29.3 Å². The van der Waals surface area contributed by atoms with Crippen molar-refractivity contribution >= 4 is 52.1 Å². The topological polar surface area (TPSA) is 87.0 Å². The molecule has 1 aromatic heterocycles. The van der Waals surface area contributed by atoms with Crippen LogP contribution in [0, 0.1) is 29.9 Å². The van der Waals surface area contributed by atoms with Gasteiger partial charge in [0.05, 0.1) is 10.0 Å². The average Bonchev–Trinajstić information content (AvgIpc) is 2.71. The predicted octanol–water partition coefficient (Wildman–Crippen LogP) is 5.77. The molecule has 32 heavy (non-hydrogen) atoms. The first kappa shape index (κ1) is 23.3. The number of aromatic nitrogens is 1. The van der Waals surface area contributed by atoms with Crippen LogP contribution < -0.4 is 15.4 Å². The summed E-state index contributed by atoms with van der Waals surface area (Å²) < 4.78 is 33.1. The lowest BCUT2D eigenvalue weighted by Crippen LogP contribution is -2.35. The van der Waals surface area contributed by atoms with E-state index in [0.717, 1.165) is 23.8 Å². The van der Waals surface area contributed by atoms with Crippen molar-refractivity contribution in [3.8, 4) is 17.7 Å². The van der Waals surface area contributed by atoms with E-state index in [1.54, 1.807) is 13.0 Å². The van der Waals surface area contributed by atoms with Gasteiger partial charge in [0.25, 0.3) is 5.91 Å². The first-order valence-electron chi connectivity index (χ1n) is 8.79. The number of anilines is 1. The van der Waals surface area contributed by atoms with Crippen molar-refractivity contribution in [1.29, 1.82) is 5.26 Å². The fraction of sp³-hybridized carbons (Fsp3) is 0.0476. The van der Waals surface area contributed by atoms with Crippen LogP contribution in [0.25, 0.3) is 0 Å². The second kappa shape index (κ2) is 9.87. The number of nitrogens with zero attached hydrogens (tertiary/aromatic N) is 2. The van der Waals surface area contributed by atoms with Crippen LogP contribution in [0.3, 0.4) is 0 Å². The summed E-state index contributed by atoms with van der Waals surface area (Å²) in [6, 6.07) is 9.40. The van der Waals surface area contributed by atoms with E-state index in [4.69, 9.17) is 40.2 Å². The van der Waals surface area contributed by atoms with Gasteiger partial charge in [0, 0.05) is 11.9 Å². The second-order valence-corrected chi connectivity index (χ2v) is 7.58. The Morgan fingerprint density at radius 2 is 1.81 bits per heavy atom. The van der Waals surface area contributed by atoms with Crippen LogP contribution in [0.15, 0.2) is 42.6 Å². The summed E-state index contributed by atoms with van der Waals surface area (Å²) in [6.45, 7) is 1.78. The van der Waals surface area contributed by atoms with Crippen LogP contribution in [0.5, 0.6) is 11.6 Å². The number of carbonyl (C=O) groups excluding carboxylic acids is 1. The molecule has 0 saturated heterocycles. The Balaban J connectivity index is 1.76. The number of halogens is 4. The normalized spacial score (nSPS) is 10.2. The number of amides is 1. The lowest BCUT2D eigenvalue weighted by Gasteiger charge is -2.14. The van der Waals surface area contributed by atoms with Crippen LogP contribution in [0.4, 0.5) is 14.5 Å². The zero-order valence-corrected chi connectivity index (χ0v) is 18.5. The highest BCUT2D eigenvalue weighted by atomic mass is 35.5. The quantitative estimate of drug-likeness (QED) is 0.449. The SMILES string of the molecule is Cc1cnc(Oc2c(Cl)cc(NC(=S)NC(=O)c3c(F)cccc3F)cc2Cl)c(C#N)c1. The minimum Gasteiger partial charge on any atom is -0.435 e. The molecule has 6 nitrogen and oxygen atoms in total. The second-order valence-electron chi connectivity index (χ2n) is 6.35. The number of ether oxygens (including phenoxy) is 1. The molecule has 2 aromatic carbocycles. The predicted molar refractivity (Wildman–Crippen MR) is 120 cm³/mol. The molecule has 1 heterocycles. The molecule has 0 aliphatic rings. The molecule has 0 aliphatic heterocycles. The number of nitriles is 1. The fourth-order valence-electron chi connectivity index (χ4n) is 2.59. The molecule has 1 amide bonds. The molecule has 0 bridgehead atoms. The Bertz CT molecular complexity index is 1240. The molecule has 162 valence electrons. The van der Waals surface area contributed by atoms with E-state index in [0.29, 0.717) is 0 Å². The van der Waals surface area contributed by atoms with Gasteiger partial charge in [-0.25, -0.2) is 13.8 Å². The van der Waals surface area contributed by atoms with E-state index in [-0.39, 0.29) is 38.0 Å². The summed E-state index contributed by atoms with van der Waals surface area (Å²) >= 11 is 17.5. The van der Waals surface area contributed by atoms with Crippen LogP contribution in [-0.4, -0.2) is 16.0 Å². The zero-order chi connectivity index (χ0) is 23.4. The van der Waals surface area contributed by atoms with Crippen molar-refractivity contribution in [2.45, 2.75) is 6.92 Å². The summed E-state index contributed by atoms with van der Waals surface area (Å²) in [6.07, 6.45) is 1.52. The highest BCUT2D eigenvalue weighted by Crippen LogP contribution is 2.39. The minimum absolute atomic E-state index is 0.0253. The number of aryl methyl sites for hydroxylation is 1. The van der Waals surface area contributed by atoms with Gasteiger partial charge < -0.3 is 10.1 Å². The molecule has 0 fully saturated rings. The lowest BCUT2D eigenvalue weighted by atomic mass is 10.2. The van der Waals surface area contributed by atoms with Gasteiger partial charge in [-0.05, 0) is 55.0 Å². The van der Waals surface area contributed by atoms with E-state index in [9.17, 15) is 18.8 Å². The third-order valence-corrected chi connectivity index (χ3v) is 4.75. The number of rotatable bonds is 4. The van der Waals surface area contributed by atoms with Crippen LogP contribution in [-0.2, 0) is 0 Å². The van der Waals surface area contributed by atoms with Gasteiger partial charge >= 0.3 is 0 Å². The molecule has 0 radical (unpaired) electrons. The van der Waals surface area contributed by atoms with E-state index in [2.05, 4.69) is 15.6 Å². The standard InChI is InChI=1S/C21H12Cl2F2N4O2S/c1-10-5-11(8-26)20(27-9-10)31-18-13(22)6-12(7-14(18)23)28-21(32)29-19(30)17-15(24)3-2-4-16(17)25/h2-7,9H,1H3,(H2,28,29,30,32). The molecule has 0 saturated carbocycles. The number of carbonyl (C=O) groups is 1. The maximum absolute atomic E-state index is 13.7. The van der Waals surface area contributed by atoms with Gasteiger partial charge in [-0.2, -0.15) is 5.26 Å². The van der Waals surface area contributed by atoms with Gasteiger partial charge in [0.15, 0.2) is 10.9 Å². The van der Waals surface area contributed by atoms with Crippen LogP contribution in [0.2, 0.25) is 10.0 Å². The molecule has 3 aromatic rings. The average molecular weight is 493 g/mol. The first-order valence-corrected chi connectivity index (χ1v) is 9.96. The van der Waals surface area contributed by atoms with Crippen molar-refractivity contribution in [1.82, 2.24) is 10.3 Å². The summed E-state index contributed by atoms with van der Waals surface area (Å²) in [5.41, 5.74) is 0.472. The van der Waals surface area contributed by atoms with Crippen molar-refractivity contribution in [2.24, 2.45) is 0 Å². The Hall–Kier alpha value is -3.32. The maximum atomic E-state index is 13.7. The van der Waals surface area contributed by atoms with Crippen molar-refractivity contribution in [3.05, 3.63) is 81.0 Å². The monoisotopic (exact) mass is 492 g/mol. The lowest BCUT2D eigenvalue weighted by molar-refractivity contribution is 0.0969. The summed E-state index contributed by atoms with van der Waals surface area (Å²) in [5, 5.41) is 13.9. The summed E-state index contributed by atoms with van der Waals surface area (Å²) in [4.78, 5) is 16.2. The van der Waals surface area contributed by atoms with Crippen molar-refractivity contribution in [3.63, 3.8) is 0 Å². The van der Waals surface area contributed by atoms with Crippen molar-refractivity contribution < 1.29 is 18.3 Å². The van der Waals surface area contributed by atoms with E-state index >= 15 is 0 Å². The molecule has 0 aliphatic carbocycles. The zero-order valence-electron chi connectivity index (χ0n) is 16.2. The molecular weight excluding hydrogens is 481 g/mol. The molecule has 0 unspecified atom stereocenters. The Kier molecular flexibility index (Phi) is 7.20. The fourth-order valence-corrected chi connectivity index (χ4v) is 3.36. The molecular formula is C21H12Cl2F2N4O2S. The first-order chi connectivity index (χ1) is 15.2. The Labute approximate surface area is 196 Å². The summed E-state index contributed by atoms with van der Waals surface area (Å²) in [5.74, 6) is -3.05. The van der Waals surface area contributed by atoms with Gasteiger partial charge in [-0.15, -0.1) is 0 Å².